The summed E-state index contributed by atoms with van der Waals surface area (Å²) in [5, 5.41) is 7.94. The second-order valence-corrected chi connectivity index (χ2v) is 7.13. The minimum Gasteiger partial charge on any atom is -0.423 e. The second-order valence-electron chi connectivity index (χ2n) is 7.13. The lowest BCUT2D eigenvalue weighted by molar-refractivity contribution is -0.139. The quantitative estimate of drug-likeness (QED) is 0.854. The summed E-state index contributed by atoms with van der Waals surface area (Å²) < 4.78 is 33.5. The highest BCUT2D eigenvalue weighted by atomic mass is 19.3. The number of hydrogen-bond donors (Lipinski definition) is 0. The molecule has 0 unspecified atom stereocenters. The number of likely N-dealkylation sites (tertiary alicyclic amines) is 1. The van der Waals surface area contributed by atoms with E-state index in [1.54, 1.807) is 0 Å². The van der Waals surface area contributed by atoms with Gasteiger partial charge in [0.05, 0.1) is 6.54 Å². The highest BCUT2D eigenvalue weighted by Crippen LogP contribution is 2.44. The zero-order valence-electron chi connectivity index (χ0n) is 13.0. The van der Waals surface area contributed by atoms with Crippen LogP contribution < -0.4 is 0 Å². The second kappa shape index (κ2) is 5.53. The minimum atomic E-state index is -2.89. The Kier molecular flexibility index (Phi) is 3.61. The van der Waals surface area contributed by atoms with Crippen LogP contribution in [0.15, 0.2) is 4.42 Å². The molecule has 1 saturated heterocycles. The van der Waals surface area contributed by atoms with Crippen LogP contribution in [0.5, 0.6) is 0 Å². The number of carbonyl (C=O) groups is 1. The van der Waals surface area contributed by atoms with Gasteiger partial charge in [0.2, 0.25) is 17.7 Å². The molecule has 2 saturated carbocycles. The molecule has 2 aliphatic carbocycles. The minimum absolute atomic E-state index is 0.133. The Morgan fingerprint density at radius 2 is 1.78 bits per heavy atom. The van der Waals surface area contributed by atoms with Gasteiger partial charge in [-0.15, -0.1) is 10.2 Å². The van der Waals surface area contributed by atoms with Crippen molar-refractivity contribution in [1.82, 2.24) is 15.1 Å². The first kappa shape index (κ1) is 15.0. The fraction of sp³-hybridized carbons (Fsp3) is 0.812. The molecule has 1 amide bonds. The van der Waals surface area contributed by atoms with Gasteiger partial charge in [0.1, 0.15) is 6.04 Å². The van der Waals surface area contributed by atoms with E-state index in [1.165, 1.54) is 4.90 Å². The number of nitrogens with zero attached hydrogens (tertiary/aromatic N) is 3. The van der Waals surface area contributed by atoms with Crippen LogP contribution >= 0.6 is 0 Å². The van der Waals surface area contributed by atoms with Crippen LogP contribution in [-0.4, -0.2) is 33.5 Å². The molecule has 7 heteroatoms. The maximum Gasteiger partial charge on any atom is 0.267 e. The van der Waals surface area contributed by atoms with Gasteiger partial charge in [-0.1, -0.05) is 19.3 Å². The van der Waals surface area contributed by atoms with E-state index in [-0.39, 0.29) is 23.6 Å². The van der Waals surface area contributed by atoms with Crippen LogP contribution in [0.2, 0.25) is 0 Å². The Morgan fingerprint density at radius 3 is 2.48 bits per heavy atom. The summed E-state index contributed by atoms with van der Waals surface area (Å²) in [6, 6.07) is -0.778. The van der Waals surface area contributed by atoms with Crippen molar-refractivity contribution < 1.29 is 18.0 Å². The normalized spacial score (nSPS) is 28.3. The van der Waals surface area contributed by atoms with Crippen molar-refractivity contribution >= 4 is 5.91 Å². The molecule has 2 heterocycles. The molecule has 5 nitrogen and oxygen atoms in total. The zero-order chi connectivity index (χ0) is 16.0. The third kappa shape index (κ3) is 2.97. The van der Waals surface area contributed by atoms with Gasteiger partial charge >= 0.3 is 0 Å². The Morgan fingerprint density at radius 1 is 1.09 bits per heavy atom. The van der Waals surface area contributed by atoms with Gasteiger partial charge < -0.3 is 9.32 Å². The molecule has 1 aromatic rings. The Bertz CT molecular complexity index is 594. The Labute approximate surface area is 133 Å². The number of rotatable bonds is 3. The lowest BCUT2D eigenvalue weighted by Crippen LogP contribution is -2.38. The average molecular weight is 325 g/mol. The Hall–Kier alpha value is -1.53. The van der Waals surface area contributed by atoms with Crippen molar-refractivity contribution in [2.45, 2.75) is 69.2 Å². The number of alkyl halides is 2. The predicted molar refractivity (Wildman–Crippen MR) is 76.9 cm³/mol. The van der Waals surface area contributed by atoms with Crippen molar-refractivity contribution in [2.24, 2.45) is 5.92 Å². The monoisotopic (exact) mass is 325 g/mol. The van der Waals surface area contributed by atoms with Crippen LogP contribution in [0.4, 0.5) is 8.78 Å². The van der Waals surface area contributed by atoms with Crippen molar-refractivity contribution in [3.63, 3.8) is 0 Å². The lowest BCUT2D eigenvalue weighted by Gasteiger charge is -2.28. The molecule has 4 rings (SSSR count). The maximum absolute atomic E-state index is 14.0. The molecule has 126 valence electrons. The van der Waals surface area contributed by atoms with E-state index >= 15 is 0 Å². The molecular formula is C16H21F2N3O2. The summed E-state index contributed by atoms with van der Waals surface area (Å²) in [5.41, 5.74) is 0. The number of carbonyl (C=O) groups excluding carboxylic acids is 1. The fourth-order valence-electron chi connectivity index (χ4n) is 3.73. The van der Waals surface area contributed by atoms with Gasteiger partial charge in [0, 0.05) is 18.3 Å². The van der Waals surface area contributed by atoms with Gasteiger partial charge in [-0.25, -0.2) is 8.78 Å². The van der Waals surface area contributed by atoms with E-state index in [2.05, 4.69) is 10.2 Å². The third-order valence-corrected chi connectivity index (χ3v) is 5.18. The maximum atomic E-state index is 14.0. The predicted octanol–water partition coefficient (Wildman–Crippen LogP) is 3.44. The number of amides is 1. The highest BCUT2D eigenvalue weighted by Gasteiger charge is 2.51. The molecular weight excluding hydrogens is 304 g/mol. The Balaban J connectivity index is 1.55. The van der Waals surface area contributed by atoms with E-state index in [4.69, 9.17) is 4.42 Å². The van der Waals surface area contributed by atoms with Gasteiger partial charge in [-0.3, -0.25) is 4.79 Å². The molecule has 0 spiro atoms. The van der Waals surface area contributed by atoms with Crippen LogP contribution in [0, 0.1) is 5.92 Å². The summed E-state index contributed by atoms with van der Waals surface area (Å²) in [6.45, 7) is -0.534. The third-order valence-electron chi connectivity index (χ3n) is 5.18. The van der Waals surface area contributed by atoms with E-state index in [0.717, 1.165) is 44.9 Å². The molecule has 1 aliphatic heterocycles. The molecule has 3 aliphatic rings. The molecule has 0 aromatic carbocycles. The zero-order valence-corrected chi connectivity index (χ0v) is 13.0. The molecule has 3 fully saturated rings. The molecule has 0 N–H and O–H groups in total. The SMILES string of the molecule is O=C(C1CCCCC1)N1CC(F)(F)C[C@H]1c1nnc(C2CC2)o1. The summed E-state index contributed by atoms with van der Waals surface area (Å²) in [7, 11) is 0. The summed E-state index contributed by atoms with van der Waals surface area (Å²) >= 11 is 0. The number of aromatic nitrogens is 2. The van der Waals surface area contributed by atoms with Gasteiger partial charge in [0.25, 0.3) is 5.92 Å². The van der Waals surface area contributed by atoms with E-state index in [9.17, 15) is 13.6 Å². The van der Waals surface area contributed by atoms with Crippen molar-refractivity contribution in [3.8, 4) is 0 Å². The largest absolute Gasteiger partial charge is 0.423 e. The number of hydrogen-bond acceptors (Lipinski definition) is 4. The van der Waals surface area contributed by atoms with Crippen LogP contribution in [0.25, 0.3) is 0 Å². The molecule has 0 bridgehead atoms. The van der Waals surface area contributed by atoms with Gasteiger partial charge in [-0.05, 0) is 25.7 Å². The van der Waals surface area contributed by atoms with Gasteiger partial charge in [0.15, 0.2) is 0 Å². The van der Waals surface area contributed by atoms with Gasteiger partial charge in [-0.2, -0.15) is 0 Å². The molecule has 23 heavy (non-hydrogen) atoms. The topological polar surface area (TPSA) is 59.2 Å². The lowest BCUT2D eigenvalue weighted by atomic mass is 9.88. The van der Waals surface area contributed by atoms with E-state index in [0.29, 0.717) is 5.89 Å². The van der Waals surface area contributed by atoms with Crippen molar-refractivity contribution in [1.29, 1.82) is 0 Å². The average Bonchev–Trinajstić information content (AvgIpc) is 3.18. The smallest absolute Gasteiger partial charge is 0.267 e. The van der Waals surface area contributed by atoms with Crippen LogP contribution in [0.3, 0.4) is 0 Å². The standard InChI is InChI=1S/C16H21F2N3O2/c17-16(18)8-12(14-20-19-13(23-14)10-6-7-10)21(9-16)15(22)11-4-2-1-3-5-11/h10-12H,1-9H2/t12-/m0/s1. The van der Waals surface area contributed by atoms with E-state index < -0.39 is 24.9 Å². The first-order valence-electron chi connectivity index (χ1n) is 8.55. The fourth-order valence-corrected chi connectivity index (χ4v) is 3.73. The van der Waals surface area contributed by atoms with Crippen molar-refractivity contribution in [2.75, 3.05) is 6.54 Å². The van der Waals surface area contributed by atoms with Crippen LogP contribution in [-0.2, 0) is 4.79 Å². The summed E-state index contributed by atoms with van der Waals surface area (Å²) in [4.78, 5) is 14.0. The molecule has 1 aromatic heterocycles. The molecule has 1 atom stereocenters. The van der Waals surface area contributed by atoms with Crippen molar-refractivity contribution in [3.05, 3.63) is 11.8 Å². The first-order chi connectivity index (χ1) is 11.0. The number of halogens is 2. The summed E-state index contributed by atoms with van der Waals surface area (Å²) in [6.07, 6.45) is 6.31. The summed E-state index contributed by atoms with van der Waals surface area (Å²) in [5.74, 6) is -2.21. The molecule has 0 radical (unpaired) electrons. The van der Waals surface area contributed by atoms with E-state index in [1.807, 2.05) is 0 Å². The van der Waals surface area contributed by atoms with Crippen LogP contribution in [0.1, 0.15) is 75.1 Å². The highest BCUT2D eigenvalue weighted by molar-refractivity contribution is 5.79. The first-order valence-corrected chi connectivity index (χ1v) is 8.55.